The summed E-state index contributed by atoms with van der Waals surface area (Å²) in [5.74, 6) is 0.647. The van der Waals surface area contributed by atoms with Gasteiger partial charge in [0, 0.05) is 6.54 Å². The number of amides is 1. The normalized spacial score (nSPS) is 10.8. The Labute approximate surface area is 75.1 Å². The van der Waals surface area contributed by atoms with Crippen molar-refractivity contribution in [2.45, 2.75) is 20.8 Å². The lowest BCUT2D eigenvalue weighted by atomic mass is 10.2. The molecule has 1 amide bonds. The van der Waals surface area contributed by atoms with Gasteiger partial charge in [0.2, 0.25) is 5.91 Å². The molecule has 0 spiro atoms. The monoisotopic (exact) mass is 172 g/mol. The van der Waals surface area contributed by atoms with E-state index in [4.69, 9.17) is 0 Å². The van der Waals surface area contributed by atoms with E-state index in [1.807, 2.05) is 18.9 Å². The summed E-state index contributed by atoms with van der Waals surface area (Å²) in [4.78, 5) is 13.1. The standard InChI is InChI=1S/C9H20N2O/c1-5-11(4)7-9(12)10-6-8(2)3/h8H,5-7H2,1-4H3,(H,10,12). The molecule has 0 heterocycles. The fourth-order valence-electron chi connectivity index (χ4n) is 0.731. The summed E-state index contributed by atoms with van der Waals surface area (Å²) in [6.45, 7) is 8.40. The Bertz CT molecular complexity index is 134. The van der Waals surface area contributed by atoms with Crippen LogP contribution in [0.4, 0.5) is 0 Å². The van der Waals surface area contributed by atoms with Gasteiger partial charge < -0.3 is 5.32 Å². The van der Waals surface area contributed by atoms with Gasteiger partial charge in [-0.3, -0.25) is 9.69 Å². The fourth-order valence-corrected chi connectivity index (χ4v) is 0.731. The fraction of sp³-hybridized carbons (Fsp3) is 0.889. The second-order valence-electron chi connectivity index (χ2n) is 3.53. The minimum Gasteiger partial charge on any atom is -0.355 e. The Balaban J connectivity index is 3.46. The van der Waals surface area contributed by atoms with Gasteiger partial charge in [-0.05, 0) is 19.5 Å². The van der Waals surface area contributed by atoms with Crippen LogP contribution in [0.5, 0.6) is 0 Å². The maximum atomic E-state index is 11.2. The third kappa shape index (κ3) is 6.16. The molecule has 0 unspecified atom stereocenters. The van der Waals surface area contributed by atoms with Gasteiger partial charge in [0.15, 0.2) is 0 Å². The Morgan fingerprint density at radius 2 is 2.08 bits per heavy atom. The molecule has 1 N–H and O–H groups in total. The highest BCUT2D eigenvalue weighted by atomic mass is 16.2. The van der Waals surface area contributed by atoms with Crippen LogP contribution in [0.1, 0.15) is 20.8 Å². The predicted octanol–water partition coefficient (Wildman–Crippen LogP) is 0.710. The van der Waals surface area contributed by atoms with Crippen LogP contribution in [0.2, 0.25) is 0 Å². The molecule has 0 aromatic carbocycles. The highest BCUT2D eigenvalue weighted by molar-refractivity contribution is 5.77. The minimum absolute atomic E-state index is 0.119. The van der Waals surface area contributed by atoms with Crippen molar-refractivity contribution >= 4 is 5.91 Å². The van der Waals surface area contributed by atoms with E-state index in [0.717, 1.165) is 13.1 Å². The number of carbonyl (C=O) groups is 1. The largest absolute Gasteiger partial charge is 0.355 e. The van der Waals surface area contributed by atoms with Crippen molar-refractivity contribution in [1.29, 1.82) is 0 Å². The average Bonchev–Trinajstić information content (AvgIpc) is 2.00. The average molecular weight is 172 g/mol. The first-order valence-corrected chi connectivity index (χ1v) is 4.51. The topological polar surface area (TPSA) is 32.3 Å². The Morgan fingerprint density at radius 3 is 2.50 bits per heavy atom. The van der Waals surface area contributed by atoms with Gasteiger partial charge in [0.05, 0.1) is 6.54 Å². The summed E-state index contributed by atoms with van der Waals surface area (Å²) in [6, 6.07) is 0. The molecular formula is C9H20N2O. The van der Waals surface area contributed by atoms with Crippen LogP contribution in [0.25, 0.3) is 0 Å². The Hall–Kier alpha value is -0.570. The SMILES string of the molecule is CCN(C)CC(=O)NCC(C)C. The van der Waals surface area contributed by atoms with E-state index in [-0.39, 0.29) is 5.91 Å². The first-order valence-electron chi connectivity index (χ1n) is 4.51. The second-order valence-corrected chi connectivity index (χ2v) is 3.53. The van der Waals surface area contributed by atoms with E-state index in [1.165, 1.54) is 0 Å². The summed E-state index contributed by atoms with van der Waals surface area (Å²) in [5, 5.41) is 2.87. The van der Waals surface area contributed by atoms with Crippen LogP contribution in [0.15, 0.2) is 0 Å². The van der Waals surface area contributed by atoms with Crippen LogP contribution in [-0.2, 0) is 4.79 Å². The minimum atomic E-state index is 0.119. The van der Waals surface area contributed by atoms with Crippen molar-refractivity contribution < 1.29 is 4.79 Å². The summed E-state index contributed by atoms with van der Waals surface area (Å²) < 4.78 is 0. The number of nitrogens with zero attached hydrogens (tertiary/aromatic N) is 1. The molecule has 0 aliphatic rings. The smallest absolute Gasteiger partial charge is 0.234 e. The number of carbonyl (C=O) groups excluding carboxylic acids is 1. The lowest BCUT2D eigenvalue weighted by molar-refractivity contribution is -0.122. The van der Waals surface area contributed by atoms with Crippen LogP contribution in [0.3, 0.4) is 0 Å². The van der Waals surface area contributed by atoms with Crippen LogP contribution in [0, 0.1) is 5.92 Å². The molecule has 72 valence electrons. The molecule has 3 heteroatoms. The first kappa shape index (κ1) is 11.4. The number of hydrogen-bond acceptors (Lipinski definition) is 2. The quantitative estimate of drug-likeness (QED) is 0.662. The van der Waals surface area contributed by atoms with E-state index in [0.29, 0.717) is 12.5 Å². The van der Waals surface area contributed by atoms with Crippen molar-refractivity contribution in [1.82, 2.24) is 10.2 Å². The van der Waals surface area contributed by atoms with Crippen molar-refractivity contribution in [3.63, 3.8) is 0 Å². The second kappa shape index (κ2) is 6.00. The van der Waals surface area contributed by atoms with E-state index in [1.54, 1.807) is 0 Å². The van der Waals surface area contributed by atoms with Gasteiger partial charge in [-0.1, -0.05) is 20.8 Å². The zero-order valence-corrected chi connectivity index (χ0v) is 8.55. The molecule has 0 radical (unpaired) electrons. The summed E-state index contributed by atoms with van der Waals surface area (Å²) >= 11 is 0. The Kier molecular flexibility index (Phi) is 5.72. The van der Waals surface area contributed by atoms with Gasteiger partial charge in [-0.2, -0.15) is 0 Å². The van der Waals surface area contributed by atoms with Gasteiger partial charge in [-0.25, -0.2) is 0 Å². The van der Waals surface area contributed by atoms with Gasteiger partial charge in [-0.15, -0.1) is 0 Å². The van der Waals surface area contributed by atoms with E-state index >= 15 is 0 Å². The highest BCUT2D eigenvalue weighted by Crippen LogP contribution is 1.87. The molecule has 0 bridgehead atoms. The third-order valence-electron chi connectivity index (χ3n) is 1.66. The first-order chi connectivity index (χ1) is 5.56. The molecule has 12 heavy (non-hydrogen) atoms. The van der Waals surface area contributed by atoms with Crippen LogP contribution >= 0.6 is 0 Å². The maximum absolute atomic E-state index is 11.2. The number of rotatable bonds is 5. The highest BCUT2D eigenvalue weighted by Gasteiger charge is 2.04. The lowest BCUT2D eigenvalue weighted by Gasteiger charge is -2.14. The summed E-state index contributed by atoms with van der Waals surface area (Å²) in [5.41, 5.74) is 0. The number of hydrogen-bond donors (Lipinski definition) is 1. The maximum Gasteiger partial charge on any atom is 0.234 e. The number of likely N-dealkylation sites (N-methyl/N-ethyl adjacent to an activating group) is 1. The van der Waals surface area contributed by atoms with Crippen molar-refractivity contribution in [3.8, 4) is 0 Å². The zero-order valence-electron chi connectivity index (χ0n) is 8.55. The van der Waals surface area contributed by atoms with Crippen molar-refractivity contribution in [3.05, 3.63) is 0 Å². The molecular weight excluding hydrogens is 152 g/mol. The van der Waals surface area contributed by atoms with E-state index < -0.39 is 0 Å². The van der Waals surface area contributed by atoms with Crippen LogP contribution < -0.4 is 5.32 Å². The van der Waals surface area contributed by atoms with Crippen molar-refractivity contribution in [2.24, 2.45) is 5.92 Å². The molecule has 3 nitrogen and oxygen atoms in total. The summed E-state index contributed by atoms with van der Waals surface area (Å²) in [6.07, 6.45) is 0. The lowest BCUT2D eigenvalue weighted by Crippen LogP contribution is -2.36. The molecule has 0 atom stereocenters. The predicted molar refractivity (Wildman–Crippen MR) is 51.0 cm³/mol. The molecule has 0 aromatic heterocycles. The third-order valence-corrected chi connectivity index (χ3v) is 1.66. The molecule has 0 saturated carbocycles. The molecule has 0 rings (SSSR count). The molecule has 0 fully saturated rings. The van der Waals surface area contributed by atoms with Gasteiger partial charge in [0.25, 0.3) is 0 Å². The van der Waals surface area contributed by atoms with Gasteiger partial charge >= 0.3 is 0 Å². The Morgan fingerprint density at radius 1 is 1.50 bits per heavy atom. The molecule has 0 aromatic rings. The molecule has 0 aliphatic carbocycles. The molecule has 0 saturated heterocycles. The summed E-state index contributed by atoms with van der Waals surface area (Å²) in [7, 11) is 1.94. The molecule has 0 aliphatic heterocycles. The number of nitrogens with one attached hydrogen (secondary N) is 1. The van der Waals surface area contributed by atoms with Crippen molar-refractivity contribution in [2.75, 3.05) is 26.7 Å². The van der Waals surface area contributed by atoms with E-state index in [2.05, 4.69) is 19.2 Å². The van der Waals surface area contributed by atoms with Crippen LogP contribution in [-0.4, -0.2) is 37.5 Å². The van der Waals surface area contributed by atoms with E-state index in [9.17, 15) is 4.79 Å². The zero-order chi connectivity index (χ0) is 9.56. The van der Waals surface area contributed by atoms with Gasteiger partial charge in [0.1, 0.15) is 0 Å².